The van der Waals surface area contributed by atoms with Crippen molar-refractivity contribution in [1.82, 2.24) is 4.90 Å². The Hall–Kier alpha value is -3.30. The van der Waals surface area contributed by atoms with Crippen LogP contribution in [0.1, 0.15) is 58.3 Å². The van der Waals surface area contributed by atoms with Gasteiger partial charge in [-0.3, -0.25) is 4.79 Å². The van der Waals surface area contributed by atoms with Crippen LogP contribution in [-0.2, 0) is 14.3 Å². The fraction of sp³-hybridized carbons (Fsp3) is 0.467. The molecule has 3 unspecified atom stereocenters. The molecular formula is C30H41F2N3O4. The number of alkyl halides is 2. The van der Waals surface area contributed by atoms with Gasteiger partial charge in [0.05, 0.1) is 0 Å². The first-order chi connectivity index (χ1) is 18.8. The predicted molar refractivity (Wildman–Crippen MR) is 151 cm³/mol. The lowest BCUT2D eigenvalue weighted by Gasteiger charge is -2.31. The third-order valence-electron chi connectivity index (χ3n) is 5.91. The molecule has 0 saturated carbocycles. The van der Waals surface area contributed by atoms with Crippen molar-refractivity contribution in [2.75, 3.05) is 6.61 Å². The highest BCUT2D eigenvalue weighted by atomic mass is 19.3. The summed E-state index contributed by atoms with van der Waals surface area (Å²) >= 11 is 0. The first-order valence-electron chi connectivity index (χ1n) is 13.4. The lowest BCUT2D eigenvalue weighted by molar-refractivity contribution is -0.153. The number of halogens is 2. The van der Waals surface area contributed by atoms with Crippen molar-refractivity contribution in [3.63, 3.8) is 0 Å². The number of rotatable bonds is 16. The van der Waals surface area contributed by atoms with Crippen LogP contribution in [0.25, 0.3) is 0 Å². The van der Waals surface area contributed by atoms with E-state index in [2.05, 4.69) is 67.1 Å². The standard InChI is InChI=1S/C30H41F2N3O4/c1-3-4-5-6-7-8-9-10-11-12-13-14-15-16-17-18-19-20-27(36)38-23-25-28(37)30(31,32)29(39-25)35-22-21-26(33)34-24(35)2/h4-5,7-8,10-11,13-14,16-17,21-22,25,28-29,37H,2-3,6,9,12,15,18-20,23H2,1H3,(H2,33,34)/b5-4-,8-7+,11-10+,14-13+,17-16+. The number of aliphatic imine (C=N–C) groups is 1. The van der Waals surface area contributed by atoms with E-state index < -0.39 is 36.9 Å². The fourth-order valence-corrected chi connectivity index (χ4v) is 3.79. The molecule has 1 saturated heterocycles. The highest BCUT2D eigenvalue weighted by Gasteiger charge is 2.61. The van der Waals surface area contributed by atoms with E-state index in [1.165, 1.54) is 12.3 Å². The molecule has 2 aliphatic rings. The topological polar surface area (TPSA) is 97.4 Å². The van der Waals surface area contributed by atoms with Gasteiger partial charge in [-0.05, 0) is 51.0 Å². The van der Waals surface area contributed by atoms with E-state index >= 15 is 0 Å². The smallest absolute Gasteiger partial charge is 0.320 e. The number of aliphatic hydroxyl groups excluding tert-OH is 1. The molecule has 1 fully saturated rings. The van der Waals surface area contributed by atoms with Crippen LogP contribution in [-0.4, -0.2) is 52.8 Å². The summed E-state index contributed by atoms with van der Waals surface area (Å²) in [6.07, 6.45) is 24.5. The molecule has 0 amide bonds. The quantitative estimate of drug-likeness (QED) is 0.144. The van der Waals surface area contributed by atoms with Crippen molar-refractivity contribution in [2.24, 2.45) is 10.7 Å². The summed E-state index contributed by atoms with van der Waals surface area (Å²) < 4.78 is 39.7. The third-order valence-corrected chi connectivity index (χ3v) is 5.91. The number of ether oxygens (including phenoxy) is 2. The molecule has 0 spiro atoms. The second-order valence-corrected chi connectivity index (χ2v) is 9.11. The molecule has 0 aromatic heterocycles. The number of hydrogen-bond donors (Lipinski definition) is 2. The SMILES string of the molecule is C=C1N=C(N)C=CN1C1OC(COC(=O)CCC/C=C/C/C=C/C/C=C/C/C=C/C/C=C\CC)C(O)C1(F)F. The molecule has 0 aromatic rings. The normalized spacial score (nSPS) is 23.4. The maximum absolute atomic E-state index is 14.6. The van der Waals surface area contributed by atoms with E-state index in [-0.39, 0.29) is 18.1 Å². The van der Waals surface area contributed by atoms with Crippen LogP contribution < -0.4 is 5.73 Å². The molecule has 7 nitrogen and oxygen atoms in total. The molecular weight excluding hydrogens is 504 g/mol. The van der Waals surface area contributed by atoms with Gasteiger partial charge in [0.25, 0.3) is 0 Å². The number of esters is 1. The molecule has 0 radical (unpaired) electrons. The van der Waals surface area contributed by atoms with Crippen molar-refractivity contribution < 1.29 is 28.2 Å². The minimum atomic E-state index is -3.63. The number of nitrogens with zero attached hydrogens (tertiary/aromatic N) is 2. The molecule has 2 rings (SSSR count). The summed E-state index contributed by atoms with van der Waals surface area (Å²) in [7, 11) is 0. The zero-order chi connectivity index (χ0) is 28.5. The Balaban J connectivity index is 1.57. The average molecular weight is 546 g/mol. The van der Waals surface area contributed by atoms with E-state index in [0.29, 0.717) is 12.8 Å². The summed E-state index contributed by atoms with van der Waals surface area (Å²) in [4.78, 5) is 16.9. The lowest BCUT2D eigenvalue weighted by Crippen LogP contribution is -2.47. The molecule has 9 heteroatoms. The monoisotopic (exact) mass is 545 g/mol. The molecule has 2 heterocycles. The van der Waals surface area contributed by atoms with Crippen molar-refractivity contribution in [1.29, 1.82) is 0 Å². The predicted octanol–water partition coefficient (Wildman–Crippen LogP) is 5.83. The van der Waals surface area contributed by atoms with Gasteiger partial charge in [0.2, 0.25) is 6.23 Å². The Morgan fingerprint density at radius 1 is 1.10 bits per heavy atom. The third kappa shape index (κ3) is 11.1. The fourth-order valence-electron chi connectivity index (χ4n) is 3.79. The van der Waals surface area contributed by atoms with E-state index in [0.717, 1.165) is 37.0 Å². The number of nitrogens with two attached hydrogens (primary N) is 1. The zero-order valence-electron chi connectivity index (χ0n) is 22.6. The maximum Gasteiger partial charge on any atom is 0.320 e. The van der Waals surface area contributed by atoms with Gasteiger partial charge in [0.15, 0.2) is 6.10 Å². The molecule has 0 aromatic carbocycles. The van der Waals surface area contributed by atoms with Crippen LogP contribution >= 0.6 is 0 Å². The van der Waals surface area contributed by atoms with Crippen LogP contribution in [0.3, 0.4) is 0 Å². The summed E-state index contributed by atoms with van der Waals surface area (Å²) in [5.41, 5.74) is 5.54. The Labute approximate surface area is 230 Å². The second-order valence-electron chi connectivity index (χ2n) is 9.11. The van der Waals surface area contributed by atoms with Crippen molar-refractivity contribution >= 4 is 11.8 Å². The van der Waals surface area contributed by atoms with E-state index in [9.17, 15) is 18.7 Å². The number of aliphatic hydroxyl groups is 1. The summed E-state index contributed by atoms with van der Waals surface area (Å²) in [6.45, 7) is 5.23. The molecule has 0 bridgehead atoms. The van der Waals surface area contributed by atoms with E-state index in [1.54, 1.807) is 0 Å². The first kappa shape index (κ1) is 31.9. The van der Waals surface area contributed by atoms with Gasteiger partial charge in [0.1, 0.15) is 24.4 Å². The van der Waals surface area contributed by atoms with Gasteiger partial charge >= 0.3 is 11.9 Å². The minimum absolute atomic E-state index is 0.0421. The molecule has 3 N–H and O–H groups in total. The number of amidine groups is 1. The Bertz CT molecular complexity index is 998. The van der Waals surface area contributed by atoms with Crippen LogP contribution in [0.4, 0.5) is 8.78 Å². The number of carbonyl (C=O) groups is 1. The van der Waals surface area contributed by atoms with Crippen molar-refractivity contribution in [2.45, 2.75) is 82.6 Å². The molecule has 0 aliphatic carbocycles. The Morgan fingerprint density at radius 3 is 2.23 bits per heavy atom. The Kier molecular flexibility index (Phi) is 14.2. The summed E-state index contributed by atoms with van der Waals surface area (Å²) in [5, 5.41) is 10.1. The van der Waals surface area contributed by atoms with Crippen molar-refractivity contribution in [3.05, 3.63) is 85.4 Å². The largest absolute Gasteiger partial charge is 0.463 e. The first-order valence-corrected chi connectivity index (χ1v) is 13.4. The van der Waals surface area contributed by atoms with Gasteiger partial charge in [0, 0.05) is 12.6 Å². The number of carbonyl (C=O) groups excluding carboxylic acids is 1. The van der Waals surface area contributed by atoms with Crippen LogP contribution in [0.5, 0.6) is 0 Å². The van der Waals surface area contributed by atoms with Gasteiger partial charge in [-0.15, -0.1) is 0 Å². The maximum atomic E-state index is 14.6. The van der Waals surface area contributed by atoms with Crippen LogP contribution in [0.2, 0.25) is 0 Å². The second kappa shape index (κ2) is 17.3. The van der Waals surface area contributed by atoms with Crippen LogP contribution in [0.15, 0.2) is 90.4 Å². The summed E-state index contributed by atoms with van der Waals surface area (Å²) in [6, 6.07) is 0. The number of unbranched alkanes of at least 4 members (excludes halogenated alkanes) is 1. The highest BCUT2D eigenvalue weighted by molar-refractivity contribution is 5.92. The average Bonchev–Trinajstić information content (AvgIpc) is 3.12. The van der Waals surface area contributed by atoms with E-state index in [1.807, 2.05) is 12.2 Å². The molecule has 3 atom stereocenters. The Morgan fingerprint density at radius 2 is 1.67 bits per heavy atom. The highest BCUT2D eigenvalue weighted by Crippen LogP contribution is 2.40. The van der Waals surface area contributed by atoms with Gasteiger partial charge in [-0.2, -0.15) is 8.78 Å². The van der Waals surface area contributed by atoms with Gasteiger partial charge in [-0.25, -0.2) is 4.99 Å². The number of allylic oxidation sites excluding steroid dienone is 10. The van der Waals surface area contributed by atoms with Crippen LogP contribution in [0, 0.1) is 0 Å². The van der Waals surface area contributed by atoms with Crippen molar-refractivity contribution in [3.8, 4) is 0 Å². The molecule has 39 heavy (non-hydrogen) atoms. The summed E-state index contributed by atoms with van der Waals surface area (Å²) in [5.74, 6) is -4.10. The number of hydrogen-bond acceptors (Lipinski definition) is 7. The van der Waals surface area contributed by atoms with Gasteiger partial charge < -0.3 is 25.2 Å². The molecule has 214 valence electrons. The zero-order valence-corrected chi connectivity index (χ0v) is 22.6. The lowest BCUT2D eigenvalue weighted by atomic mass is 10.1. The minimum Gasteiger partial charge on any atom is -0.463 e. The van der Waals surface area contributed by atoms with Gasteiger partial charge in [-0.1, -0.05) is 74.3 Å². The molecule has 2 aliphatic heterocycles. The van der Waals surface area contributed by atoms with E-state index in [4.69, 9.17) is 15.2 Å².